The van der Waals surface area contributed by atoms with E-state index in [0.717, 1.165) is 48.8 Å². The van der Waals surface area contributed by atoms with E-state index in [9.17, 15) is 9.18 Å². The van der Waals surface area contributed by atoms with Crippen LogP contribution in [0, 0.1) is 18.2 Å². The summed E-state index contributed by atoms with van der Waals surface area (Å²) in [5, 5.41) is 7.78. The number of rotatable bonds is 5. The van der Waals surface area contributed by atoms with Gasteiger partial charge in [-0.3, -0.25) is 4.79 Å². The highest BCUT2D eigenvalue weighted by Crippen LogP contribution is 2.56. The standard InChI is InChI=1S/C26H30FN5O/c1-16-14-17(27)8-9-19(16)24(33)30-22-15-26(22)12-10-18(11-13-26)28-25-29-21-7-5-4-6-20(21)23(31-25)32(2)3/h4-9,14,18,22H,10-13,15H2,1-3H3,(H,30,33)(H,28,29,31)/t18?,22-,26?/m1/s1. The molecule has 1 heterocycles. The second-order valence-electron chi connectivity index (χ2n) is 9.75. The summed E-state index contributed by atoms with van der Waals surface area (Å²) in [6.45, 7) is 1.77. The van der Waals surface area contributed by atoms with Crippen molar-refractivity contribution in [2.45, 2.75) is 51.1 Å². The summed E-state index contributed by atoms with van der Waals surface area (Å²) in [4.78, 5) is 24.2. The van der Waals surface area contributed by atoms with Crippen LogP contribution in [0.15, 0.2) is 42.5 Å². The second kappa shape index (κ2) is 8.28. The van der Waals surface area contributed by atoms with Crippen LogP contribution in [0.5, 0.6) is 0 Å². The third-order valence-corrected chi connectivity index (χ3v) is 7.25. The van der Waals surface area contributed by atoms with Gasteiger partial charge in [0.1, 0.15) is 11.6 Å². The van der Waals surface area contributed by atoms with Crippen LogP contribution in [0.2, 0.25) is 0 Å². The van der Waals surface area contributed by atoms with Crippen LogP contribution in [0.4, 0.5) is 16.2 Å². The van der Waals surface area contributed by atoms with Gasteiger partial charge in [0.2, 0.25) is 5.95 Å². The van der Waals surface area contributed by atoms with Crippen molar-refractivity contribution >= 4 is 28.6 Å². The second-order valence-corrected chi connectivity index (χ2v) is 9.75. The van der Waals surface area contributed by atoms with Crippen LogP contribution in [0.25, 0.3) is 10.9 Å². The van der Waals surface area contributed by atoms with E-state index in [0.29, 0.717) is 23.1 Å². The van der Waals surface area contributed by atoms with Crippen LogP contribution < -0.4 is 15.5 Å². The number of halogens is 1. The molecule has 0 bridgehead atoms. The van der Waals surface area contributed by atoms with Crippen molar-refractivity contribution in [3.63, 3.8) is 0 Å². The molecule has 0 saturated heterocycles. The molecule has 0 unspecified atom stereocenters. The summed E-state index contributed by atoms with van der Waals surface area (Å²) >= 11 is 0. The molecule has 1 aromatic heterocycles. The molecule has 2 saturated carbocycles. The highest BCUT2D eigenvalue weighted by Gasteiger charge is 2.55. The Morgan fingerprint density at radius 1 is 1.12 bits per heavy atom. The summed E-state index contributed by atoms with van der Waals surface area (Å²) in [6, 6.07) is 12.9. The first-order valence-electron chi connectivity index (χ1n) is 11.6. The summed E-state index contributed by atoms with van der Waals surface area (Å²) in [6.07, 6.45) is 5.19. The molecule has 2 N–H and O–H groups in total. The predicted octanol–water partition coefficient (Wildman–Crippen LogP) is 4.69. The van der Waals surface area contributed by atoms with Gasteiger partial charge >= 0.3 is 0 Å². The van der Waals surface area contributed by atoms with Crippen LogP contribution >= 0.6 is 0 Å². The molecular weight excluding hydrogens is 417 g/mol. The number of hydrogen-bond donors (Lipinski definition) is 2. The molecule has 2 aromatic carbocycles. The zero-order valence-electron chi connectivity index (χ0n) is 19.4. The Hall–Kier alpha value is -3.22. The first kappa shape index (κ1) is 21.6. The largest absolute Gasteiger partial charge is 0.362 e. The molecule has 2 fully saturated rings. The number of benzene rings is 2. The van der Waals surface area contributed by atoms with Gasteiger partial charge in [-0.2, -0.15) is 4.98 Å². The van der Waals surface area contributed by atoms with E-state index in [-0.39, 0.29) is 23.2 Å². The van der Waals surface area contributed by atoms with E-state index >= 15 is 0 Å². The lowest BCUT2D eigenvalue weighted by molar-refractivity contribution is 0.0941. The van der Waals surface area contributed by atoms with E-state index in [1.807, 2.05) is 43.3 Å². The van der Waals surface area contributed by atoms with E-state index in [1.165, 1.54) is 12.1 Å². The zero-order valence-corrected chi connectivity index (χ0v) is 19.4. The Morgan fingerprint density at radius 2 is 1.88 bits per heavy atom. The van der Waals surface area contributed by atoms with E-state index < -0.39 is 0 Å². The summed E-state index contributed by atoms with van der Waals surface area (Å²) < 4.78 is 13.4. The van der Waals surface area contributed by atoms with Gasteiger partial charge in [0.15, 0.2) is 0 Å². The quantitative estimate of drug-likeness (QED) is 0.594. The Labute approximate surface area is 193 Å². The lowest BCUT2D eigenvalue weighted by Gasteiger charge is -2.30. The number of nitrogens with zero attached hydrogens (tertiary/aromatic N) is 3. The normalized spacial score (nSPS) is 24.0. The molecule has 7 heteroatoms. The third kappa shape index (κ3) is 4.24. The number of carbonyl (C=O) groups is 1. The van der Waals surface area contributed by atoms with Crippen molar-refractivity contribution in [1.29, 1.82) is 0 Å². The van der Waals surface area contributed by atoms with Crippen molar-refractivity contribution in [2.24, 2.45) is 5.41 Å². The van der Waals surface area contributed by atoms with Crippen molar-refractivity contribution in [2.75, 3.05) is 24.3 Å². The first-order valence-corrected chi connectivity index (χ1v) is 11.6. The molecule has 1 spiro atoms. The molecule has 2 aliphatic rings. The molecule has 5 rings (SSSR count). The van der Waals surface area contributed by atoms with Gasteiger partial charge in [0, 0.05) is 37.1 Å². The monoisotopic (exact) mass is 447 g/mol. The summed E-state index contributed by atoms with van der Waals surface area (Å²) in [5.74, 6) is 1.17. The van der Waals surface area contributed by atoms with Gasteiger partial charge in [0.25, 0.3) is 5.91 Å². The molecule has 0 radical (unpaired) electrons. The lowest BCUT2D eigenvalue weighted by Crippen LogP contribution is -2.34. The van der Waals surface area contributed by atoms with Gasteiger partial charge in [-0.1, -0.05) is 12.1 Å². The molecule has 1 atom stereocenters. The van der Waals surface area contributed by atoms with Gasteiger partial charge in [0.05, 0.1) is 5.52 Å². The molecule has 0 aliphatic heterocycles. The highest BCUT2D eigenvalue weighted by molar-refractivity contribution is 5.96. The molecule has 1 amide bonds. The molecular formula is C26H30FN5O. The molecule has 172 valence electrons. The third-order valence-electron chi connectivity index (χ3n) is 7.25. The zero-order chi connectivity index (χ0) is 23.2. The fourth-order valence-corrected chi connectivity index (χ4v) is 5.21. The Bertz CT molecular complexity index is 1200. The number of carbonyl (C=O) groups excluding carboxylic acids is 1. The van der Waals surface area contributed by atoms with Gasteiger partial charge in [-0.15, -0.1) is 0 Å². The number of fused-ring (bicyclic) bond motifs is 1. The molecule has 2 aliphatic carbocycles. The van der Waals surface area contributed by atoms with Gasteiger partial charge in [-0.25, -0.2) is 9.37 Å². The average Bonchev–Trinajstić information content (AvgIpc) is 3.45. The minimum Gasteiger partial charge on any atom is -0.362 e. The number of hydrogen-bond acceptors (Lipinski definition) is 5. The SMILES string of the molecule is Cc1cc(F)ccc1C(=O)N[C@@H]1CC12CCC(Nc1nc(N(C)C)c3ccccc3n1)CC2. The van der Waals surface area contributed by atoms with Crippen molar-refractivity contribution in [1.82, 2.24) is 15.3 Å². The molecule has 33 heavy (non-hydrogen) atoms. The molecule has 6 nitrogen and oxygen atoms in total. The van der Waals surface area contributed by atoms with Crippen LogP contribution in [-0.2, 0) is 0 Å². The van der Waals surface area contributed by atoms with Gasteiger partial charge < -0.3 is 15.5 Å². The Balaban J connectivity index is 1.20. The maximum Gasteiger partial charge on any atom is 0.251 e. The average molecular weight is 448 g/mol. The van der Waals surface area contributed by atoms with Crippen molar-refractivity contribution in [3.8, 4) is 0 Å². The summed E-state index contributed by atoms with van der Waals surface area (Å²) in [5.41, 5.74) is 2.36. The topological polar surface area (TPSA) is 70.2 Å². The smallest absolute Gasteiger partial charge is 0.251 e. The number of amides is 1. The minimum atomic E-state index is -0.314. The number of aromatic nitrogens is 2. The lowest BCUT2D eigenvalue weighted by atomic mass is 9.82. The van der Waals surface area contributed by atoms with Crippen molar-refractivity contribution in [3.05, 3.63) is 59.4 Å². The van der Waals surface area contributed by atoms with Crippen LogP contribution in [0.3, 0.4) is 0 Å². The maximum atomic E-state index is 13.4. The van der Waals surface area contributed by atoms with Crippen molar-refractivity contribution < 1.29 is 9.18 Å². The van der Waals surface area contributed by atoms with Crippen LogP contribution in [0.1, 0.15) is 48.0 Å². The fourth-order valence-electron chi connectivity index (χ4n) is 5.21. The number of para-hydroxylation sites is 1. The number of nitrogens with one attached hydrogen (secondary N) is 2. The van der Waals surface area contributed by atoms with E-state index in [1.54, 1.807) is 13.0 Å². The number of aryl methyl sites for hydroxylation is 1. The van der Waals surface area contributed by atoms with E-state index in [2.05, 4.69) is 10.6 Å². The summed E-state index contributed by atoms with van der Waals surface area (Å²) in [7, 11) is 4.00. The van der Waals surface area contributed by atoms with Crippen LogP contribution in [-0.4, -0.2) is 42.1 Å². The fraction of sp³-hybridized carbons (Fsp3) is 0.423. The minimum absolute atomic E-state index is 0.101. The predicted molar refractivity (Wildman–Crippen MR) is 129 cm³/mol. The Morgan fingerprint density at radius 3 is 2.61 bits per heavy atom. The maximum absolute atomic E-state index is 13.4. The highest BCUT2D eigenvalue weighted by atomic mass is 19.1. The van der Waals surface area contributed by atoms with Gasteiger partial charge in [-0.05, 0) is 80.3 Å². The Kier molecular flexibility index (Phi) is 5.43. The number of anilines is 2. The van der Waals surface area contributed by atoms with E-state index in [4.69, 9.17) is 9.97 Å². The molecule has 3 aromatic rings. The first-order chi connectivity index (χ1) is 15.8.